The summed E-state index contributed by atoms with van der Waals surface area (Å²) in [5.74, 6) is 0.694. The number of aliphatic hydroxyl groups excluding tert-OH is 2. The maximum atomic E-state index is 8.87. The molecule has 2 aliphatic rings. The van der Waals surface area contributed by atoms with E-state index in [2.05, 4.69) is 0 Å². The fourth-order valence-corrected chi connectivity index (χ4v) is 1.30. The van der Waals surface area contributed by atoms with Crippen LogP contribution in [0.25, 0.3) is 0 Å². The van der Waals surface area contributed by atoms with Crippen molar-refractivity contribution in [1.29, 1.82) is 0 Å². The van der Waals surface area contributed by atoms with Gasteiger partial charge in [0.05, 0.1) is 38.6 Å². The molecule has 0 aliphatic carbocycles. The van der Waals surface area contributed by atoms with Crippen molar-refractivity contribution in [2.45, 2.75) is 26.1 Å². The van der Waals surface area contributed by atoms with Crippen molar-refractivity contribution in [1.82, 2.24) is 0 Å². The summed E-state index contributed by atoms with van der Waals surface area (Å²) in [5.41, 5.74) is 0. The lowest BCUT2D eigenvalue weighted by molar-refractivity contribution is 0.120. The first-order valence-corrected chi connectivity index (χ1v) is 5.13. The third-order valence-corrected chi connectivity index (χ3v) is 2.65. The zero-order valence-corrected chi connectivity index (χ0v) is 8.85. The molecule has 2 fully saturated rings. The highest BCUT2D eigenvalue weighted by Crippen LogP contribution is 2.11. The molecule has 2 heterocycles. The molecule has 84 valence electrons. The van der Waals surface area contributed by atoms with Gasteiger partial charge in [0.15, 0.2) is 0 Å². The molecule has 0 bridgehead atoms. The lowest BCUT2D eigenvalue weighted by Crippen LogP contribution is -2.13. The van der Waals surface area contributed by atoms with Crippen LogP contribution < -0.4 is 0 Å². The summed E-state index contributed by atoms with van der Waals surface area (Å²) in [4.78, 5) is 0. The summed E-state index contributed by atoms with van der Waals surface area (Å²) in [6.07, 6.45) is -0.417. The number of ether oxygens (including phenoxy) is 2. The third-order valence-electron chi connectivity index (χ3n) is 2.65. The molecule has 4 nitrogen and oxygen atoms in total. The van der Waals surface area contributed by atoms with Crippen molar-refractivity contribution in [2.75, 3.05) is 26.4 Å². The summed E-state index contributed by atoms with van der Waals surface area (Å²) in [6, 6.07) is 0. The van der Waals surface area contributed by atoms with Gasteiger partial charge in [0.2, 0.25) is 0 Å². The summed E-state index contributed by atoms with van der Waals surface area (Å²) in [7, 11) is 0. The number of hydrogen-bond acceptors (Lipinski definition) is 4. The van der Waals surface area contributed by atoms with Crippen LogP contribution in [-0.2, 0) is 9.47 Å². The Morgan fingerprint density at radius 1 is 0.786 bits per heavy atom. The molecule has 0 aromatic heterocycles. The molecule has 4 atom stereocenters. The molecule has 0 spiro atoms. The highest BCUT2D eigenvalue weighted by Gasteiger charge is 2.21. The second-order valence-corrected chi connectivity index (χ2v) is 4.16. The Labute approximate surface area is 84.8 Å². The van der Waals surface area contributed by atoms with Gasteiger partial charge in [-0.15, -0.1) is 0 Å². The summed E-state index contributed by atoms with van der Waals surface area (Å²) in [6.45, 7) is 6.47. The van der Waals surface area contributed by atoms with Crippen molar-refractivity contribution in [3.63, 3.8) is 0 Å². The Morgan fingerprint density at radius 2 is 1.14 bits per heavy atom. The normalized spacial score (nSPS) is 42.0. The zero-order valence-electron chi connectivity index (χ0n) is 8.85. The first kappa shape index (κ1) is 11.9. The van der Waals surface area contributed by atoms with Crippen molar-refractivity contribution in [3.05, 3.63) is 0 Å². The van der Waals surface area contributed by atoms with Gasteiger partial charge in [0.25, 0.3) is 0 Å². The van der Waals surface area contributed by atoms with E-state index in [1.165, 1.54) is 0 Å². The Kier molecular flexibility index (Phi) is 4.81. The van der Waals surface area contributed by atoms with Gasteiger partial charge in [-0.05, 0) is 0 Å². The van der Waals surface area contributed by atoms with E-state index in [9.17, 15) is 0 Å². The van der Waals surface area contributed by atoms with Gasteiger partial charge in [0.1, 0.15) is 0 Å². The fourth-order valence-electron chi connectivity index (χ4n) is 1.30. The Balaban J connectivity index is 0.000000140. The van der Waals surface area contributed by atoms with Gasteiger partial charge in [-0.25, -0.2) is 0 Å². The number of aliphatic hydroxyl groups is 2. The Hall–Kier alpha value is -0.160. The lowest BCUT2D eigenvalue weighted by atomic mass is 10.1. The maximum absolute atomic E-state index is 8.87. The predicted octanol–water partition coefficient (Wildman–Crippen LogP) is 0.0272. The van der Waals surface area contributed by atoms with E-state index in [4.69, 9.17) is 19.7 Å². The monoisotopic (exact) mass is 204 g/mol. The van der Waals surface area contributed by atoms with Crippen molar-refractivity contribution < 1.29 is 19.7 Å². The second kappa shape index (κ2) is 5.66. The molecule has 4 heteroatoms. The quantitative estimate of drug-likeness (QED) is 0.584. The number of hydrogen-bond donors (Lipinski definition) is 2. The average Bonchev–Trinajstić information content (AvgIpc) is 2.67. The van der Waals surface area contributed by atoms with E-state index in [0.717, 1.165) is 13.2 Å². The first-order valence-electron chi connectivity index (χ1n) is 5.13. The van der Waals surface area contributed by atoms with E-state index in [-0.39, 0.29) is 12.2 Å². The van der Waals surface area contributed by atoms with Crippen LogP contribution in [0.5, 0.6) is 0 Å². The molecule has 0 amide bonds. The molecule has 2 aliphatic heterocycles. The minimum absolute atomic E-state index is 0.208. The molecule has 0 aromatic carbocycles. The zero-order chi connectivity index (χ0) is 10.6. The van der Waals surface area contributed by atoms with E-state index in [1.54, 1.807) is 0 Å². The molecule has 0 saturated carbocycles. The van der Waals surface area contributed by atoms with Gasteiger partial charge in [-0.2, -0.15) is 0 Å². The summed E-state index contributed by atoms with van der Waals surface area (Å²) >= 11 is 0. The van der Waals surface area contributed by atoms with E-state index < -0.39 is 0 Å². The third kappa shape index (κ3) is 3.53. The molecule has 2 rings (SSSR count). The van der Waals surface area contributed by atoms with Crippen LogP contribution in [0.2, 0.25) is 0 Å². The van der Waals surface area contributed by atoms with Crippen molar-refractivity contribution >= 4 is 0 Å². The maximum Gasteiger partial charge on any atom is 0.0821 e. The van der Waals surface area contributed by atoms with E-state index >= 15 is 0 Å². The number of rotatable bonds is 0. The molecular weight excluding hydrogens is 184 g/mol. The summed E-state index contributed by atoms with van der Waals surface area (Å²) < 4.78 is 9.84. The van der Waals surface area contributed by atoms with Crippen molar-refractivity contribution in [3.8, 4) is 0 Å². The second-order valence-electron chi connectivity index (χ2n) is 4.16. The van der Waals surface area contributed by atoms with Crippen molar-refractivity contribution in [2.24, 2.45) is 11.8 Å². The van der Waals surface area contributed by atoms with Crippen LogP contribution in [0.15, 0.2) is 0 Å². The standard InChI is InChI=1S/2C5H10O2/c2*1-4-2-7-3-5(4)6/h2*4-6H,2-3H2,1H3/t2*4-,5-/m10/s1. The van der Waals surface area contributed by atoms with E-state index in [0.29, 0.717) is 25.0 Å². The van der Waals surface area contributed by atoms with Crippen LogP contribution in [0.1, 0.15) is 13.8 Å². The molecule has 0 radical (unpaired) electrons. The highest BCUT2D eigenvalue weighted by molar-refractivity contribution is 4.68. The average molecular weight is 204 g/mol. The SMILES string of the molecule is C[C@@H]1COC[C@H]1O.C[C@H]1COC[C@@H]1O. The van der Waals surface area contributed by atoms with Crippen LogP contribution in [0.4, 0.5) is 0 Å². The molecule has 2 N–H and O–H groups in total. The Bertz CT molecular complexity index is 128. The molecule has 14 heavy (non-hydrogen) atoms. The Morgan fingerprint density at radius 3 is 1.21 bits per heavy atom. The predicted molar refractivity (Wildman–Crippen MR) is 52.0 cm³/mol. The van der Waals surface area contributed by atoms with Gasteiger partial charge in [-0.1, -0.05) is 13.8 Å². The summed E-state index contributed by atoms with van der Waals surface area (Å²) in [5, 5.41) is 17.7. The molecule has 0 unspecified atom stereocenters. The topological polar surface area (TPSA) is 58.9 Å². The lowest BCUT2D eigenvalue weighted by Gasteiger charge is -2.00. The van der Waals surface area contributed by atoms with E-state index in [1.807, 2.05) is 13.8 Å². The van der Waals surface area contributed by atoms with Gasteiger partial charge >= 0.3 is 0 Å². The van der Waals surface area contributed by atoms with Gasteiger partial charge < -0.3 is 19.7 Å². The van der Waals surface area contributed by atoms with Crippen LogP contribution in [-0.4, -0.2) is 48.8 Å². The van der Waals surface area contributed by atoms with Crippen LogP contribution in [0, 0.1) is 11.8 Å². The molecular formula is C10H20O4. The van der Waals surface area contributed by atoms with Gasteiger partial charge in [0, 0.05) is 11.8 Å². The van der Waals surface area contributed by atoms with Gasteiger partial charge in [-0.3, -0.25) is 0 Å². The van der Waals surface area contributed by atoms with Crippen LogP contribution in [0.3, 0.4) is 0 Å². The minimum atomic E-state index is -0.208. The molecule has 2 saturated heterocycles. The molecule has 0 aromatic rings. The highest BCUT2D eigenvalue weighted by atomic mass is 16.5. The van der Waals surface area contributed by atoms with Crippen LogP contribution >= 0.6 is 0 Å². The minimum Gasteiger partial charge on any atom is -0.390 e. The smallest absolute Gasteiger partial charge is 0.0821 e. The fraction of sp³-hybridized carbons (Fsp3) is 1.00. The first-order chi connectivity index (χ1) is 6.61. The largest absolute Gasteiger partial charge is 0.390 e.